The summed E-state index contributed by atoms with van der Waals surface area (Å²) in [6.45, 7) is -2.21. The Morgan fingerprint density at radius 2 is 2.27 bits per heavy atom. The summed E-state index contributed by atoms with van der Waals surface area (Å²) in [6, 6.07) is 8.77. The number of hydrogen-bond acceptors (Lipinski definition) is 1. The highest BCUT2D eigenvalue weighted by molar-refractivity contribution is 5.90. The predicted molar refractivity (Wildman–Crippen MR) is 45.4 cm³/mol. The van der Waals surface area contributed by atoms with E-state index in [2.05, 4.69) is 5.32 Å². The molecular formula is C9H11NO. The fraction of sp³-hybridized carbons (Fsp3) is 0.222. The molecule has 1 aromatic carbocycles. The van der Waals surface area contributed by atoms with Crippen molar-refractivity contribution in [2.24, 2.45) is 0 Å². The summed E-state index contributed by atoms with van der Waals surface area (Å²) in [5.41, 5.74) is 0.613. The summed E-state index contributed by atoms with van der Waals surface area (Å²) in [6.07, 6.45) is -0.456. The van der Waals surface area contributed by atoms with E-state index in [0.29, 0.717) is 5.69 Å². The highest BCUT2D eigenvalue weighted by Crippen LogP contribution is 2.04. The number of rotatable bonds is 2. The van der Waals surface area contributed by atoms with Gasteiger partial charge in [-0.25, -0.2) is 0 Å². The Balaban J connectivity index is 2.50. The molecule has 0 saturated heterocycles. The van der Waals surface area contributed by atoms with Crippen LogP contribution in [0.25, 0.3) is 0 Å². The number of carbonyl (C=O) groups excluding carboxylic acids is 1. The van der Waals surface area contributed by atoms with E-state index in [-0.39, 0.29) is 0 Å². The fourth-order valence-corrected chi connectivity index (χ4v) is 0.727. The third-order valence-electron chi connectivity index (χ3n) is 1.22. The monoisotopic (exact) mass is 152 g/mol. The summed E-state index contributed by atoms with van der Waals surface area (Å²) < 4.78 is 20.7. The zero-order valence-corrected chi connectivity index (χ0v) is 6.00. The largest absolute Gasteiger partial charge is 0.326 e. The smallest absolute Gasteiger partial charge is 0.224 e. The van der Waals surface area contributed by atoms with Crippen LogP contribution in [-0.2, 0) is 4.79 Å². The average Bonchev–Trinajstić information content (AvgIpc) is 2.02. The lowest BCUT2D eigenvalue weighted by molar-refractivity contribution is -0.115. The fourth-order valence-electron chi connectivity index (χ4n) is 0.727. The Bertz CT molecular complexity index is 308. The number of nitrogens with one attached hydrogen (secondary N) is 1. The Hall–Kier alpha value is -1.31. The average molecular weight is 152 g/mol. The minimum atomic E-state index is -2.21. The third kappa shape index (κ3) is 2.42. The highest BCUT2D eigenvalue weighted by Gasteiger charge is 1.95. The van der Waals surface area contributed by atoms with Crippen LogP contribution in [-0.4, -0.2) is 5.91 Å². The van der Waals surface area contributed by atoms with Gasteiger partial charge in [0.25, 0.3) is 0 Å². The van der Waals surface area contributed by atoms with Crippen LogP contribution in [0.3, 0.4) is 0 Å². The van der Waals surface area contributed by atoms with E-state index in [0.717, 1.165) is 0 Å². The van der Waals surface area contributed by atoms with E-state index in [1.807, 2.05) is 6.07 Å². The van der Waals surface area contributed by atoms with Crippen molar-refractivity contribution in [2.45, 2.75) is 13.3 Å². The molecule has 1 rings (SSSR count). The van der Waals surface area contributed by atoms with Crippen molar-refractivity contribution in [1.29, 1.82) is 0 Å². The summed E-state index contributed by atoms with van der Waals surface area (Å²) in [5.74, 6) is -0.490. The number of benzene rings is 1. The van der Waals surface area contributed by atoms with Gasteiger partial charge in [-0.15, -0.1) is 0 Å². The van der Waals surface area contributed by atoms with Crippen molar-refractivity contribution >= 4 is 11.6 Å². The topological polar surface area (TPSA) is 29.1 Å². The lowest BCUT2D eigenvalue weighted by Gasteiger charge is -2.00. The van der Waals surface area contributed by atoms with E-state index in [1.165, 1.54) is 0 Å². The highest BCUT2D eigenvalue weighted by atomic mass is 16.1. The van der Waals surface area contributed by atoms with E-state index in [9.17, 15) is 4.79 Å². The van der Waals surface area contributed by atoms with Crippen LogP contribution < -0.4 is 5.32 Å². The second kappa shape index (κ2) is 3.76. The van der Waals surface area contributed by atoms with Gasteiger partial charge >= 0.3 is 0 Å². The molecule has 2 heteroatoms. The normalized spacial score (nSPS) is 14.4. The minimum absolute atomic E-state index is 0.456. The number of hydrogen-bond donors (Lipinski definition) is 1. The minimum Gasteiger partial charge on any atom is -0.326 e. The lowest BCUT2D eigenvalue weighted by Crippen LogP contribution is -2.08. The molecule has 58 valence electrons. The maximum absolute atomic E-state index is 11.2. The molecule has 0 aliphatic carbocycles. The Kier molecular flexibility index (Phi) is 1.55. The molecule has 11 heavy (non-hydrogen) atoms. The molecule has 0 spiro atoms. The zero-order valence-electron chi connectivity index (χ0n) is 9.00. The summed E-state index contributed by atoms with van der Waals surface area (Å²) in [4.78, 5) is 11.2. The summed E-state index contributed by atoms with van der Waals surface area (Å²) in [5, 5.41) is 2.50. The maximum atomic E-state index is 11.2. The van der Waals surface area contributed by atoms with Gasteiger partial charge in [-0.3, -0.25) is 4.79 Å². The molecule has 0 saturated carbocycles. The van der Waals surface area contributed by atoms with Crippen LogP contribution >= 0.6 is 0 Å². The SMILES string of the molecule is [2H]C([2H])([2H])CC(=O)Nc1ccccc1. The first-order chi connectivity index (χ1) is 6.47. The number of carbonyl (C=O) groups is 1. The number of amides is 1. The van der Waals surface area contributed by atoms with Crippen molar-refractivity contribution in [3.05, 3.63) is 30.3 Å². The van der Waals surface area contributed by atoms with Gasteiger partial charge in [0.05, 0.1) is 0 Å². The van der Waals surface area contributed by atoms with Gasteiger partial charge in [-0.1, -0.05) is 25.1 Å². The Morgan fingerprint density at radius 1 is 1.55 bits per heavy atom. The van der Waals surface area contributed by atoms with Crippen molar-refractivity contribution in [2.75, 3.05) is 5.32 Å². The first kappa shape index (κ1) is 4.54. The molecule has 0 bridgehead atoms. The lowest BCUT2D eigenvalue weighted by atomic mass is 10.3. The van der Waals surface area contributed by atoms with Crippen molar-refractivity contribution in [3.63, 3.8) is 0 Å². The maximum Gasteiger partial charge on any atom is 0.224 e. The van der Waals surface area contributed by atoms with Crippen molar-refractivity contribution in [3.8, 4) is 0 Å². The number of para-hydroxylation sites is 1. The molecule has 1 amide bonds. The van der Waals surface area contributed by atoms with Gasteiger partial charge in [0.1, 0.15) is 0 Å². The molecule has 1 N–H and O–H groups in total. The molecule has 0 atom stereocenters. The molecule has 0 radical (unpaired) electrons. The van der Waals surface area contributed by atoms with E-state index < -0.39 is 19.2 Å². The van der Waals surface area contributed by atoms with Crippen LogP contribution in [0, 0.1) is 0 Å². The first-order valence-electron chi connectivity index (χ1n) is 4.82. The zero-order chi connectivity index (χ0) is 10.6. The van der Waals surface area contributed by atoms with Crippen LogP contribution in [0.5, 0.6) is 0 Å². The summed E-state index contributed by atoms with van der Waals surface area (Å²) >= 11 is 0. The van der Waals surface area contributed by atoms with Gasteiger partial charge in [0.2, 0.25) is 5.91 Å². The quantitative estimate of drug-likeness (QED) is 0.690. The van der Waals surface area contributed by atoms with Crippen LogP contribution in [0.4, 0.5) is 5.69 Å². The van der Waals surface area contributed by atoms with Crippen molar-refractivity contribution in [1.82, 2.24) is 0 Å². The van der Waals surface area contributed by atoms with E-state index in [4.69, 9.17) is 4.11 Å². The van der Waals surface area contributed by atoms with Gasteiger partial charge in [0.15, 0.2) is 0 Å². The Morgan fingerprint density at radius 3 is 2.91 bits per heavy atom. The van der Waals surface area contributed by atoms with Gasteiger partial charge in [-0.2, -0.15) is 0 Å². The summed E-state index contributed by atoms with van der Waals surface area (Å²) in [7, 11) is 0. The molecule has 1 aromatic rings. The van der Waals surface area contributed by atoms with Crippen LogP contribution in [0.2, 0.25) is 0 Å². The van der Waals surface area contributed by atoms with Crippen LogP contribution in [0.1, 0.15) is 17.4 Å². The van der Waals surface area contributed by atoms with E-state index in [1.54, 1.807) is 24.3 Å². The molecule has 2 nitrogen and oxygen atoms in total. The van der Waals surface area contributed by atoms with E-state index >= 15 is 0 Å². The standard InChI is InChI=1S/C9H11NO/c1-2-9(11)10-8-6-4-3-5-7-8/h3-7H,2H2,1H3,(H,10,11)/i1D3. The molecule has 0 fully saturated rings. The van der Waals surface area contributed by atoms with Gasteiger partial charge in [0, 0.05) is 16.2 Å². The van der Waals surface area contributed by atoms with Gasteiger partial charge < -0.3 is 5.32 Å². The second-order valence-corrected chi connectivity index (χ2v) is 2.09. The van der Waals surface area contributed by atoms with Gasteiger partial charge in [-0.05, 0) is 12.1 Å². The molecule has 0 heterocycles. The van der Waals surface area contributed by atoms with Crippen LogP contribution in [0.15, 0.2) is 30.3 Å². The molecule has 0 aliphatic heterocycles. The molecule has 0 aliphatic rings. The molecule has 0 aromatic heterocycles. The third-order valence-corrected chi connectivity index (χ3v) is 1.22. The molecular weight excluding hydrogens is 138 g/mol. The Labute approximate surface area is 70.5 Å². The molecule has 0 unspecified atom stereocenters. The predicted octanol–water partition coefficient (Wildman–Crippen LogP) is 2.04. The first-order valence-corrected chi connectivity index (χ1v) is 3.32. The van der Waals surface area contributed by atoms with Crippen molar-refractivity contribution < 1.29 is 8.91 Å². The number of anilines is 1. The second-order valence-electron chi connectivity index (χ2n) is 2.09.